The SMILES string of the molecule is CCCNC(=O)[C@H](Cc1ccccc1)N(Cc1ccc(Cl)c(Cl)c1)C(=O)CN(c1ccc(C)c(C)c1)S(=O)(=O)c1ccc(C)cc1. The van der Waals surface area contributed by atoms with Crippen LogP contribution in [0, 0.1) is 20.8 Å². The van der Waals surface area contributed by atoms with Gasteiger partial charge in [-0.2, -0.15) is 0 Å². The monoisotopic (exact) mass is 679 g/mol. The van der Waals surface area contributed by atoms with Gasteiger partial charge in [0.2, 0.25) is 11.8 Å². The molecule has 4 aromatic carbocycles. The highest BCUT2D eigenvalue weighted by molar-refractivity contribution is 7.92. The lowest BCUT2D eigenvalue weighted by atomic mass is 10.0. The van der Waals surface area contributed by atoms with Crippen molar-refractivity contribution in [2.45, 2.75) is 58.0 Å². The number of hydrogen-bond donors (Lipinski definition) is 1. The average molecular weight is 681 g/mol. The van der Waals surface area contributed by atoms with E-state index in [4.69, 9.17) is 23.2 Å². The van der Waals surface area contributed by atoms with Gasteiger partial charge >= 0.3 is 0 Å². The topological polar surface area (TPSA) is 86.8 Å². The highest BCUT2D eigenvalue weighted by Gasteiger charge is 2.34. The summed E-state index contributed by atoms with van der Waals surface area (Å²) in [6, 6.07) is 25.3. The predicted octanol–water partition coefficient (Wildman–Crippen LogP) is 7.28. The Kier molecular flexibility index (Phi) is 11.9. The number of halogens is 2. The van der Waals surface area contributed by atoms with Gasteiger partial charge < -0.3 is 10.2 Å². The van der Waals surface area contributed by atoms with Crippen molar-refractivity contribution in [3.63, 3.8) is 0 Å². The minimum Gasteiger partial charge on any atom is -0.354 e. The molecule has 0 radical (unpaired) electrons. The van der Waals surface area contributed by atoms with Crippen molar-refractivity contribution in [2.75, 3.05) is 17.4 Å². The van der Waals surface area contributed by atoms with E-state index in [1.54, 1.807) is 42.5 Å². The molecular weight excluding hydrogens is 641 g/mol. The lowest BCUT2D eigenvalue weighted by Gasteiger charge is -2.34. The molecule has 1 N–H and O–H groups in total. The molecule has 7 nitrogen and oxygen atoms in total. The number of anilines is 1. The van der Waals surface area contributed by atoms with Crippen LogP contribution in [0.4, 0.5) is 5.69 Å². The number of amides is 2. The fraction of sp³-hybridized carbons (Fsp3) is 0.278. The fourth-order valence-electron chi connectivity index (χ4n) is 5.00. The van der Waals surface area contributed by atoms with Crippen molar-refractivity contribution in [3.8, 4) is 0 Å². The summed E-state index contributed by atoms with van der Waals surface area (Å²) in [5.41, 5.74) is 4.61. The Bertz CT molecular complexity index is 1780. The lowest BCUT2D eigenvalue weighted by molar-refractivity contribution is -0.140. The zero-order chi connectivity index (χ0) is 33.4. The van der Waals surface area contributed by atoms with E-state index in [1.165, 1.54) is 17.0 Å². The zero-order valence-corrected chi connectivity index (χ0v) is 28.8. The fourth-order valence-corrected chi connectivity index (χ4v) is 6.73. The molecule has 0 unspecified atom stereocenters. The molecule has 0 heterocycles. The second-order valence-electron chi connectivity index (χ2n) is 11.4. The van der Waals surface area contributed by atoms with Crippen LogP contribution in [0.3, 0.4) is 0 Å². The van der Waals surface area contributed by atoms with E-state index in [-0.39, 0.29) is 23.8 Å². The van der Waals surface area contributed by atoms with Gasteiger partial charge in [-0.05, 0) is 85.8 Å². The van der Waals surface area contributed by atoms with Crippen molar-refractivity contribution in [3.05, 3.63) is 129 Å². The average Bonchev–Trinajstić information content (AvgIpc) is 3.04. The van der Waals surface area contributed by atoms with Gasteiger partial charge in [-0.1, -0.05) is 90.3 Å². The second-order valence-corrected chi connectivity index (χ2v) is 14.0. The first-order valence-corrected chi connectivity index (χ1v) is 17.3. The molecule has 0 aromatic heterocycles. The number of carbonyl (C=O) groups is 2. The van der Waals surface area contributed by atoms with E-state index < -0.39 is 28.5 Å². The van der Waals surface area contributed by atoms with Gasteiger partial charge in [-0.25, -0.2) is 8.42 Å². The van der Waals surface area contributed by atoms with Crippen molar-refractivity contribution in [2.24, 2.45) is 0 Å². The van der Waals surface area contributed by atoms with Crippen LogP contribution in [0.1, 0.15) is 41.2 Å². The second kappa shape index (κ2) is 15.6. The van der Waals surface area contributed by atoms with Crippen LogP contribution in [0.25, 0.3) is 0 Å². The molecule has 4 aromatic rings. The standard InChI is InChI=1S/C36H39Cl2N3O4S/c1-5-19-39-36(43)34(22-28-9-7-6-8-10-28)40(23-29-14-18-32(37)33(38)21-29)35(42)24-41(30-15-13-26(3)27(4)20-30)46(44,45)31-16-11-25(2)12-17-31/h6-18,20-21,34H,5,19,22-24H2,1-4H3,(H,39,43)/t34-/m0/s1. The highest BCUT2D eigenvalue weighted by atomic mass is 35.5. The normalized spacial score (nSPS) is 12.0. The molecule has 0 aliphatic rings. The molecule has 0 aliphatic heterocycles. The van der Waals surface area contributed by atoms with Gasteiger partial charge in [0.25, 0.3) is 10.0 Å². The van der Waals surface area contributed by atoms with Crippen molar-refractivity contribution >= 4 is 50.7 Å². The van der Waals surface area contributed by atoms with Crippen LogP contribution in [0.5, 0.6) is 0 Å². The summed E-state index contributed by atoms with van der Waals surface area (Å²) in [5, 5.41) is 3.60. The van der Waals surface area contributed by atoms with Crippen LogP contribution in [-0.4, -0.2) is 44.3 Å². The molecule has 242 valence electrons. The number of aryl methyl sites for hydroxylation is 3. The van der Waals surface area contributed by atoms with E-state index in [0.717, 1.165) is 26.6 Å². The van der Waals surface area contributed by atoms with E-state index in [0.29, 0.717) is 34.3 Å². The third-order valence-corrected chi connectivity index (χ3v) is 10.4. The van der Waals surface area contributed by atoms with E-state index in [2.05, 4.69) is 5.32 Å². The van der Waals surface area contributed by atoms with Gasteiger partial charge in [0.05, 0.1) is 20.6 Å². The molecule has 1 atom stereocenters. The Hall–Kier alpha value is -3.85. The Morgan fingerprint density at radius 3 is 2.13 bits per heavy atom. The Morgan fingerprint density at radius 1 is 0.804 bits per heavy atom. The third kappa shape index (κ3) is 8.69. The highest BCUT2D eigenvalue weighted by Crippen LogP contribution is 2.28. The number of carbonyl (C=O) groups excluding carboxylic acids is 2. The first-order valence-electron chi connectivity index (χ1n) is 15.1. The van der Waals surface area contributed by atoms with Crippen LogP contribution >= 0.6 is 23.2 Å². The first-order chi connectivity index (χ1) is 21.9. The van der Waals surface area contributed by atoms with Crippen LogP contribution in [-0.2, 0) is 32.6 Å². The number of sulfonamides is 1. The molecule has 0 aliphatic carbocycles. The quantitative estimate of drug-likeness (QED) is 0.161. The Labute approximate surface area is 282 Å². The van der Waals surface area contributed by atoms with Crippen LogP contribution in [0.2, 0.25) is 10.0 Å². The van der Waals surface area contributed by atoms with Gasteiger partial charge in [0.1, 0.15) is 12.6 Å². The number of hydrogen-bond acceptors (Lipinski definition) is 4. The lowest BCUT2D eigenvalue weighted by Crippen LogP contribution is -2.53. The summed E-state index contributed by atoms with van der Waals surface area (Å²) in [6.07, 6.45) is 0.928. The maximum absolute atomic E-state index is 14.6. The number of rotatable bonds is 13. The molecule has 10 heteroatoms. The minimum atomic E-state index is -4.19. The van der Waals surface area contributed by atoms with Crippen molar-refractivity contribution in [1.82, 2.24) is 10.2 Å². The largest absolute Gasteiger partial charge is 0.354 e. The number of nitrogens with one attached hydrogen (secondary N) is 1. The minimum absolute atomic E-state index is 0.00187. The van der Waals surface area contributed by atoms with Crippen LogP contribution in [0.15, 0.2) is 95.9 Å². The molecule has 0 saturated heterocycles. The van der Waals surface area contributed by atoms with Crippen LogP contribution < -0.4 is 9.62 Å². The molecule has 0 fully saturated rings. The summed E-state index contributed by atoms with van der Waals surface area (Å²) >= 11 is 12.5. The Morgan fingerprint density at radius 2 is 1.50 bits per heavy atom. The van der Waals surface area contributed by atoms with E-state index in [1.807, 2.05) is 64.1 Å². The summed E-state index contributed by atoms with van der Waals surface area (Å²) in [6.45, 7) is 7.54. The van der Waals surface area contributed by atoms with Crippen molar-refractivity contribution in [1.29, 1.82) is 0 Å². The van der Waals surface area contributed by atoms with Crippen molar-refractivity contribution < 1.29 is 18.0 Å². The number of nitrogens with zero attached hydrogens (tertiary/aromatic N) is 2. The predicted molar refractivity (Wildman–Crippen MR) is 186 cm³/mol. The zero-order valence-electron chi connectivity index (χ0n) is 26.5. The maximum atomic E-state index is 14.6. The molecule has 4 rings (SSSR count). The molecule has 46 heavy (non-hydrogen) atoms. The summed E-state index contributed by atoms with van der Waals surface area (Å²) < 4.78 is 29.6. The summed E-state index contributed by atoms with van der Waals surface area (Å²) in [7, 11) is -4.19. The summed E-state index contributed by atoms with van der Waals surface area (Å²) in [5.74, 6) is -0.884. The Balaban J connectivity index is 1.82. The van der Waals surface area contributed by atoms with E-state index in [9.17, 15) is 18.0 Å². The smallest absolute Gasteiger partial charge is 0.264 e. The molecular formula is C36H39Cl2N3O4S. The molecule has 0 bridgehead atoms. The third-order valence-electron chi connectivity index (χ3n) is 7.82. The van der Waals surface area contributed by atoms with Gasteiger partial charge in [-0.15, -0.1) is 0 Å². The van der Waals surface area contributed by atoms with Gasteiger partial charge in [-0.3, -0.25) is 13.9 Å². The van der Waals surface area contributed by atoms with E-state index >= 15 is 0 Å². The molecule has 2 amide bonds. The van der Waals surface area contributed by atoms with Gasteiger partial charge in [0.15, 0.2) is 0 Å². The first kappa shape index (κ1) is 35.0. The van der Waals surface area contributed by atoms with Gasteiger partial charge in [0, 0.05) is 19.5 Å². The molecule has 0 spiro atoms. The maximum Gasteiger partial charge on any atom is 0.264 e. The molecule has 0 saturated carbocycles. The number of benzene rings is 4. The summed E-state index contributed by atoms with van der Waals surface area (Å²) in [4.78, 5) is 29.8.